The highest BCUT2D eigenvalue weighted by atomic mass is 19.1. The summed E-state index contributed by atoms with van der Waals surface area (Å²) >= 11 is 0. The molecule has 0 amide bonds. The lowest BCUT2D eigenvalue weighted by molar-refractivity contribution is -0.0706. The van der Waals surface area contributed by atoms with Gasteiger partial charge in [-0.2, -0.15) is 4.98 Å². The number of rotatable bonds is 3. The number of H-pyrrole nitrogens is 1. The van der Waals surface area contributed by atoms with E-state index in [1.54, 1.807) is 0 Å². The molecule has 6 N–H and O–H groups in total. The first-order valence-corrected chi connectivity index (χ1v) is 7.46. The van der Waals surface area contributed by atoms with Crippen molar-refractivity contribution < 1.29 is 24.4 Å². The molecule has 1 aliphatic heterocycles. The topological polar surface area (TPSA) is 147 Å². The van der Waals surface area contributed by atoms with Crippen LogP contribution in [-0.2, 0) is 4.74 Å². The van der Waals surface area contributed by atoms with Crippen LogP contribution in [0.25, 0.3) is 11.0 Å². The molecule has 0 aromatic carbocycles. The van der Waals surface area contributed by atoms with Gasteiger partial charge in [0.15, 0.2) is 23.3 Å². The van der Waals surface area contributed by atoms with Gasteiger partial charge in [0.2, 0.25) is 5.95 Å². The quantitative estimate of drug-likeness (QED) is 0.431. The van der Waals surface area contributed by atoms with Gasteiger partial charge in [-0.1, -0.05) is 5.92 Å². The molecule has 0 saturated carbocycles. The first kappa shape index (κ1) is 17.4. The number of fused-ring (bicyclic) bond motifs is 1. The number of hydrogen-bond donors (Lipinski definition) is 5. The van der Waals surface area contributed by atoms with Gasteiger partial charge in [0.1, 0.15) is 5.39 Å². The summed E-state index contributed by atoms with van der Waals surface area (Å²) in [6, 6.07) is 0. The number of anilines is 1. The lowest BCUT2D eigenvalue weighted by atomic mass is 9.85. The monoisotopic (exact) mass is 352 g/mol. The van der Waals surface area contributed by atoms with Crippen LogP contribution in [0.1, 0.15) is 13.2 Å². The Morgan fingerprint density at radius 1 is 1.52 bits per heavy atom. The zero-order chi connectivity index (χ0) is 18.4. The maximum Gasteiger partial charge on any atom is 0.264 e. The Labute approximate surface area is 140 Å². The molecule has 3 heterocycles. The number of aliphatic hydroxyl groups is 3. The molecule has 9 nitrogen and oxygen atoms in total. The number of nitrogens with one attached hydrogen (secondary N) is 1. The van der Waals surface area contributed by atoms with Gasteiger partial charge in [-0.3, -0.25) is 14.3 Å². The second-order valence-electron chi connectivity index (χ2n) is 5.73. The molecule has 134 valence electrons. The molecule has 3 rings (SSSR count). The fourth-order valence-corrected chi connectivity index (χ4v) is 3.20. The van der Waals surface area contributed by atoms with Gasteiger partial charge in [0.05, 0.1) is 25.2 Å². The van der Waals surface area contributed by atoms with E-state index in [9.17, 15) is 24.5 Å². The van der Waals surface area contributed by atoms with Crippen LogP contribution in [0.15, 0.2) is 11.0 Å². The fourth-order valence-electron chi connectivity index (χ4n) is 3.20. The van der Waals surface area contributed by atoms with Crippen LogP contribution in [0.2, 0.25) is 0 Å². The van der Waals surface area contributed by atoms with E-state index in [4.69, 9.17) is 10.5 Å². The zero-order valence-electron chi connectivity index (χ0n) is 13.2. The smallest absolute Gasteiger partial charge is 0.264 e. The summed E-state index contributed by atoms with van der Waals surface area (Å²) in [5, 5.41) is 29.7. The van der Waals surface area contributed by atoms with Gasteiger partial charge in [-0.15, -0.1) is 5.92 Å². The van der Waals surface area contributed by atoms with Crippen LogP contribution in [0.3, 0.4) is 0 Å². The third-order valence-electron chi connectivity index (χ3n) is 4.30. The second-order valence-corrected chi connectivity index (χ2v) is 5.73. The number of aliphatic hydroxyl groups excluding tert-OH is 2. The molecule has 0 bridgehead atoms. The maximum absolute atomic E-state index is 14.3. The van der Waals surface area contributed by atoms with Crippen LogP contribution in [0, 0.1) is 23.6 Å². The Kier molecular flexibility index (Phi) is 4.26. The Morgan fingerprint density at radius 3 is 2.84 bits per heavy atom. The molecule has 2 unspecified atom stereocenters. The molecule has 1 aliphatic rings. The van der Waals surface area contributed by atoms with Crippen molar-refractivity contribution in [3.8, 4) is 11.8 Å². The number of ether oxygens (including phenoxy) is 1. The summed E-state index contributed by atoms with van der Waals surface area (Å²) in [6.45, 7) is 0.461. The predicted octanol–water partition coefficient (Wildman–Crippen LogP) is -1.30. The zero-order valence-corrected chi connectivity index (χ0v) is 13.2. The van der Waals surface area contributed by atoms with E-state index >= 15 is 0 Å². The summed E-state index contributed by atoms with van der Waals surface area (Å²) < 4.78 is 21.0. The third kappa shape index (κ3) is 2.49. The minimum absolute atomic E-state index is 0.143. The molecule has 1 fully saturated rings. The summed E-state index contributed by atoms with van der Waals surface area (Å²) in [5.41, 5.74) is 2.66. The van der Waals surface area contributed by atoms with Gasteiger partial charge >= 0.3 is 0 Å². The molecule has 4 atom stereocenters. The number of hydrogen-bond acceptors (Lipinski definition) is 7. The van der Waals surface area contributed by atoms with Crippen molar-refractivity contribution in [1.82, 2.24) is 14.5 Å². The molecule has 0 radical (unpaired) electrons. The van der Waals surface area contributed by atoms with Gasteiger partial charge in [-0.05, 0) is 6.92 Å². The first-order valence-electron chi connectivity index (χ1n) is 7.46. The highest BCUT2D eigenvalue weighted by molar-refractivity contribution is 5.77. The lowest BCUT2D eigenvalue weighted by Gasteiger charge is -2.28. The van der Waals surface area contributed by atoms with E-state index in [1.165, 1.54) is 6.92 Å². The molecule has 2 aromatic rings. The van der Waals surface area contributed by atoms with Gasteiger partial charge < -0.3 is 25.8 Å². The average Bonchev–Trinajstić information content (AvgIpc) is 3.01. The van der Waals surface area contributed by atoms with Crippen LogP contribution in [-0.4, -0.2) is 54.8 Å². The molecule has 1 saturated heterocycles. The van der Waals surface area contributed by atoms with Crippen LogP contribution >= 0.6 is 0 Å². The predicted molar refractivity (Wildman–Crippen MR) is 84.7 cm³/mol. The Hall–Kier alpha value is -2.45. The van der Waals surface area contributed by atoms with Gasteiger partial charge in [-0.25, -0.2) is 4.39 Å². The Balaban J connectivity index is 2.25. The van der Waals surface area contributed by atoms with Crippen molar-refractivity contribution in [3.05, 3.63) is 22.4 Å². The number of aromatic amines is 1. The van der Waals surface area contributed by atoms with Crippen molar-refractivity contribution in [2.75, 3.05) is 18.9 Å². The van der Waals surface area contributed by atoms with Crippen molar-refractivity contribution in [1.29, 1.82) is 0 Å². The van der Waals surface area contributed by atoms with Crippen molar-refractivity contribution in [2.24, 2.45) is 5.92 Å². The van der Waals surface area contributed by atoms with Crippen LogP contribution < -0.4 is 11.3 Å². The number of nitrogen functional groups attached to an aromatic ring is 1. The van der Waals surface area contributed by atoms with E-state index in [0.717, 1.165) is 10.8 Å². The molecule has 10 heteroatoms. The first-order chi connectivity index (χ1) is 11.9. The highest BCUT2D eigenvalue weighted by Crippen LogP contribution is 2.43. The van der Waals surface area contributed by atoms with Gasteiger partial charge in [0.25, 0.3) is 5.56 Å². The summed E-state index contributed by atoms with van der Waals surface area (Å²) in [6.07, 6.45) is -1.32. The highest BCUT2D eigenvalue weighted by Gasteiger charge is 2.56. The molecular formula is C15H17FN4O5. The average molecular weight is 352 g/mol. The summed E-state index contributed by atoms with van der Waals surface area (Å²) in [4.78, 5) is 18.0. The van der Waals surface area contributed by atoms with Crippen molar-refractivity contribution in [2.45, 2.75) is 24.9 Å². The van der Waals surface area contributed by atoms with Crippen molar-refractivity contribution in [3.63, 3.8) is 0 Å². The summed E-state index contributed by atoms with van der Waals surface area (Å²) in [7, 11) is 0. The minimum atomic E-state index is -1.94. The molecule has 0 spiro atoms. The van der Waals surface area contributed by atoms with E-state index in [2.05, 4.69) is 21.8 Å². The van der Waals surface area contributed by atoms with Crippen LogP contribution in [0.4, 0.5) is 10.3 Å². The number of halogens is 1. The molecule has 25 heavy (non-hydrogen) atoms. The lowest BCUT2D eigenvalue weighted by Crippen LogP contribution is -2.43. The third-order valence-corrected chi connectivity index (χ3v) is 4.30. The minimum Gasteiger partial charge on any atom is -0.396 e. The standard InChI is InChI=1S/C15H17FN4O5/c1-2-3-15(24)7(5-21)9(6-22)25-13(15)20-4-8(16)10-11(20)18-14(17)19-12(10)23/h4,7,9,13,21-22,24H,5-6H2,1H3,(H3,17,18,19,23)/t7?,9-,13-,15?/m1/s1. The van der Waals surface area contributed by atoms with Crippen molar-refractivity contribution >= 4 is 17.0 Å². The number of aromatic nitrogens is 3. The maximum atomic E-state index is 14.3. The molecule has 0 aliphatic carbocycles. The second kappa shape index (κ2) is 6.12. The fraction of sp³-hybridized carbons (Fsp3) is 0.467. The molecule has 2 aromatic heterocycles. The largest absolute Gasteiger partial charge is 0.396 e. The summed E-state index contributed by atoms with van der Waals surface area (Å²) in [5.74, 6) is 3.03. The Morgan fingerprint density at radius 2 is 2.24 bits per heavy atom. The number of nitrogens with two attached hydrogens (primary N) is 1. The van der Waals surface area contributed by atoms with Crippen LogP contribution in [0.5, 0.6) is 0 Å². The van der Waals surface area contributed by atoms with Gasteiger partial charge in [0, 0.05) is 6.20 Å². The Bertz CT molecular complexity index is 930. The SMILES string of the molecule is CC#CC1(O)C(CO)[C@@H](CO)O[C@H]1n1cc(F)c2c(=O)[nH]c(N)nc21. The van der Waals surface area contributed by atoms with E-state index in [0.29, 0.717) is 0 Å². The number of nitrogens with zero attached hydrogens (tertiary/aromatic N) is 2. The normalized spacial score (nSPS) is 28.9. The molecular weight excluding hydrogens is 335 g/mol. The van der Waals surface area contributed by atoms with E-state index in [-0.39, 0.29) is 17.0 Å². The van der Waals surface area contributed by atoms with E-state index < -0.39 is 48.4 Å². The van der Waals surface area contributed by atoms with E-state index in [1.807, 2.05) is 0 Å².